The minimum absolute atomic E-state index is 0.0704. The lowest BCUT2D eigenvalue weighted by atomic mass is 9.82. The van der Waals surface area contributed by atoms with Crippen LogP contribution < -0.4 is 0 Å². The SMILES string of the molecule is CCOC(=O)[C@@H]1[C@@H](C(F)(F)F)[C@H]2C=C[C@@H]1O2. The molecule has 2 aliphatic heterocycles. The van der Waals surface area contributed by atoms with Crippen LogP contribution in [0.2, 0.25) is 0 Å². The number of hydrogen-bond donors (Lipinski definition) is 0. The predicted octanol–water partition coefficient (Wildman–Crippen LogP) is 1.68. The predicted molar refractivity (Wildman–Crippen MR) is 47.5 cm³/mol. The van der Waals surface area contributed by atoms with Gasteiger partial charge in [-0.05, 0) is 6.92 Å². The zero-order valence-electron chi connectivity index (χ0n) is 8.53. The summed E-state index contributed by atoms with van der Waals surface area (Å²) >= 11 is 0. The maximum Gasteiger partial charge on any atom is 0.395 e. The van der Waals surface area contributed by atoms with Gasteiger partial charge in [-0.1, -0.05) is 12.2 Å². The molecule has 2 rings (SSSR count). The van der Waals surface area contributed by atoms with Gasteiger partial charge in [0.05, 0.1) is 18.8 Å². The van der Waals surface area contributed by atoms with Crippen LogP contribution in [0.4, 0.5) is 13.2 Å². The number of carbonyl (C=O) groups excluding carboxylic acids is 1. The fourth-order valence-electron chi connectivity index (χ4n) is 2.22. The molecule has 4 atom stereocenters. The highest BCUT2D eigenvalue weighted by molar-refractivity contribution is 5.75. The van der Waals surface area contributed by atoms with E-state index in [1.165, 1.54) is 12.2 Å². The van der Waals surface area contributed by atoms with E-state index in [4.69, 9.17) is 4.74 Å². The van der Waals surface area contributed by atoms with E-state index in [1.807, 2.05) is 0 Å². The molecule has 0 aliphatic carbocycles. The molecule has 0 radical (unpaired) electrons. The molecule has 3 nitrogen and oxygen atoms in total. The van der Waals surface area contributed by atoms with E-state index in [0.717, 1.165) is 0 Å². The number of carbonyl (C=O) groups is 1. The Kier molecular flexibility index (Phi) is 2.69. The summed E-state index contributed by atoms with van der Waals surface area (Å²) in [6, 6.07) is 0. The van der Waals surface area contributed by atoms with Gasteiger partial charge in [-0.2, -0.15) is 13.2 Å². The highest BCUT2D eigenvalue weighted by Gasteiger charge is 2.61. The lowest BCUT2D eigenvalue weighted by Crippen LogP contribution is -2.41. The number of halogens is 3. The number of esters is 1. The molecule has 0 aromatic carbocycles. The van der Waals surface area contributed by atoms with Crippen LogP contribution in [0, 0.1) is 11.8 Å². The summed E-state index contributed by atoms with van der Waals surface area (Å²) in [5, 5.41) is 0. The third-order valence-corrected chi connectivity index (χ3v) is 2.84. The summed E-state index contributed by atoms with van der Waals surface area (Å²) in [4.78, 5) is 11.5. The van der Waals surface area contributed by atoms with Gasteiger partial charge < -0.3 is 9.47 Å². The number of alkyl halides is 3. The Morgan fingerprint density at radius 2 is 2.00 bits per heavy atom. The second-order valence-electron chi connectivity index (χ2n) is 3.80. The third kappa shape index (κ3) is 1.71. The molecule has 0 N–H and O–H groups in total. The molecule has 0 saturated carbocycles. The van der Waals surface area contributed by atoms with Crippen LogP contribution in [0.5, 0.6) is 0 Å². The molecule has 16 heavy (non-hydrogen) atoms. The van der Waals surface area contributed by atoms with Crippen molar-refractivity contribution in [2.75, 3.05) is 6.61 Å². The van der Waals surface area contributed by atoms with Crippen molar-refractivity contribution in [2.45, 2.75) is 25.3 Å². The molecule has 2 aliphatic rings. The summed E-state index contributed by atoms with van der Waals surface area (Å²) < 4.78 is 48.0. The molecule has 0 aromatic rings. The number of ether oxygens (including phenoxy) is 2. The van der Waals surface area contributed by atoms with Crippen molar-refractivity contribution in [1.29, 1.82) is 0 Å². The molecule has 2 bridgehead atoms. The molecule has 1 saturated heterocycles. The van der Waals surface area contributed by atoms with Crippen molar-refractivity contribution >= 4 is 5.97 Å². The van der Waals surface area contributed by atoms with E-state index in [2.05, 4.69) is 4.74 Å². The van der Waals surface area contributed by atoms with E-state index in [0.29, 0.717) is 0 Å². The first-order chi connectivity index (χ1) is 7.45. The van der Waals surface area contributed by atoms with E-state index in [9.17, 15) is 18.0 Å². The van der Waals surface area contributed by atoms with Crippen LogP contribution in [0.1, 0.15) is 6.92 Å². The van der Waals surface area contributed by atoms with Crippen LogP contribution in [-0.4, -0.2) is 31.0 Å². The number of rotatable bonds is 2. The van der Waals surface area contributed by atoms with E-state index < -0.39 is 36.2 Å². The van der Waals surface area contributed by atoms with Crippen molar-refractivity contribution in [2.24, 2.45) is 11.8 Å². The first-order valence-electron chi connectivity index (χ1n) is 5.02. The van der Waals surface area contributed by atoms with Gasteiger partial charge in [-0.15, -0.1) is 0 Å². The second kappa shape index (κ2) is 3.76. The van der Waals surface area contributed by atoms with Crippen LogP contribution in [-0.2, 0) is 14.3 Å². The lowest BCUT2D eigenvalue weighted by molar-refractivity contribution is -0.197. The first kappa shape index (κ1) is 11.4. The van der Waals surface area contributed by atoms with Gasteiger partial charge in [-0.25, -0.2) is 0 Å². The topological polar surface area (TPSA) is 35.5 Å². The summed E-state index contributed by atoms with van der Waals surface area (Å²) in [5.74, 6) is -3.86. The molecule has 2 heterocycles. The van der Waals surface area contributed by atoms with E-state index in [1.54, 1.807) is 6.92 Å². The van der Waals surface area contributed by atoms with E-state index in [-0.39, 0.29) is 6.61 Å². The highest BCUT2D eigenvalue weighted by Crippen LogP contribution is 2.47. The van der Waals surface area contributed by atoms with Crippen molar-refractivity contribution in [3.8, 4) is 0 Å². The van der Waals surface area contributed by atoms with Crippen LogP contribution in [0.25, 0.3) is 0 Å². The minimum Gasteiger partial charge on any atom is -0.466 e. The maximum atomic E-state index is 12.7. The monoisotopic (exact) mass is 236 g/mol. The first-order valence-corrected chi connectivity index (χ1v) is 5.02. The molecule has 1 fully saturated rings. The normalized spacial score (nSPS) is 36.8. The second-order valence-corrected chi connectivity index (χ2v) is 3.80. The minimum atomic E-state index is -4.44. The maximum absolute atomic E-state index is 12.7. The summed E-state index contributed by atoms with van der Waals surface area (Å²) in [5.41, 5.74) is 0. The molecule has 90 valence electrons. The van der Waals surface area contributed by atoms with Crippen molar-refractivity contribution in [3.05, 3.63) is 12.2 Å². The van der Waals surface area contributed by atoms with Gasteiger partial charge in [0, 0.05) is 0 Å². The molecule has 0 spiro atoms. The average molecular weight is 236 g/mol. The summed E-state index contributed by atoms with van der Waals surface area (Å²) in [6.07, 6.45) is -3.43. The van der Waals surface area contributed by atoms with Crippen molar-refractivity contribution in [1.82, 2.24) is 0 Å². The van der Waals surface area contributed by atoms with Gasteiger partial charge in [0.15, 0.2) is 0 Å². The molecule has 0 unspecified atom stereocenters. The third-order valence-electron chi connectivity index (χ3n) is 2.84. The Morgan fingerprint density at radius 1 is 1.38 bits per heavy atom. The van der Waals surface area contributed by atoms with Crippen molar-refractivity contribution < 1.29 is 27.4 Å². The lowest BCUT2D eigenvalue weighted by Gasteiger charge is -2.25. The fraction of sp³-hybridized carbons (Fsp3) is 0.700. The highest BCUT2D eigenvalue weighted by atomic mass is 19.4. The van der Waals surface area contributed by atoms with Gasteiger partial charge >= 0.3 is 12.1 Å². The number of fused-ring (bicyclic) bond motifs is 2. The molecule has 6 heteroatoms. The Labute approximate surface area is 90.2 Å². The molecule has 0 aromatic heterocycles. The molecular formula is C10H11F3O3. The largest absolute Gasteiger partial charge is 0.466 e. The summed E-state index contributed by atoms with van der Waals surface area (Å²) in [6.45, 7) is 1.63. The van der Waals surface area contributed by atoms with E-state index >= 15 is 0 Å². The van der Waals surface area contributed by atoms with Crippen LogP contribution in [0.15, 0.2) is 12.2 Å². The standard InChI is InChI=1S/C10H11F3O3/c1-2-15-9(14)7-5-3-4-6(16-5)8(7)10(11,12)13/h3-8H,2H2,1H3/t5-,6+,7-,8-/m0/s1. The Morgan fingerprint density at radius 3 is 2.56 bits per heavy atom. The number of hydrogen-bond acceptors (Lipinski definition) is 3. The average Bonchev–Trinajstić information content (AvgIpc) is 2.74. The fourth-order valence-corrected chi connectivity index (χ4v) is 2.22. The zero-order chi connectivity index (χ0) is 11.9. The van der Waals surface area contributed by atoms with Gasteiger partial charge in [0.25, 0.3) is 0 Å². The quantitative estimate of drug-likeness (QED) is 0.540. The van der Waals surface area contributed by atoms with Gasteiger partial charge in [0.1, 0.15) is 11.8 Å². The van der Waals surface area contributed by atoms with Gasteiger partial charge in [-0.3, -0.25) is 4.79 Å². The Hall–Kier alpha value is -1.04. The Bertz CT molecular complexity index is 324. The van der Waals surface area contributed by atoms with Crippen LogP contribution >= 0.6 is 0 Å². The van der Waals surface area contributed by atoms with Gasteiger partial charge in [0.2, 0.25) is 0 Å². The molecule has 0 amide bonds. The van der Waals surface area contributed by atoms with Crippen molar-refractivity contribution in [3.63, 3.8) is 0 Å². The Balaban J connectivity index is 2.22. The van der Waals surface area contributed by atoms with Crippen LogP contribution in [0.3, 0.4) is 0 Å². The zero-order valence-corrected chi connectivity index (χ0v) is 8.53. The molecular weight excluding hydrogens is 225 g/mol. The summed E-state index contributed by atoms with van der Waals surface area (Å²) in [7, 11) is 0. The smallest absolute Gasteiger partial charge is 0.395 e.